The van der Waals surface area contributed by atoms with Crippen LogP contribution in [0.1, 0.15) is 28.8 Å². The van der Waals surface area contributed by atoms with Gasteiger partial charge in [0.15, 0.2) is 0 Å². The van der Waals surface area contributed by atoms with Crippen LogP contribution in [0.4, 0.5) is 13.2 Å². The highest BCUT2D eigenvalue weighted by Crippen LogP contribution is 2.23. The second-order valence-electron chi connectivity index (χ2n) is 8.23. The Bertz CT molecular complexity index is 922. The number of amides is 1. The maximum atomic E-state index is 13.0. The molecular weight excluding hydrogens is 437 g/mol. The molecule has 0 saturated carbocycles. The van der Waals surface area contributed by atoms with Gasteiger partial charge >= 0.3 is 6.36 Å². The van der Waals surface area contributed by atoms with Crippen LogP contribution in [0.15, 0.2) is 48.5 Å². The first-order valence-electron chi connectivity index (χ1n) is 11.1. The van der Waals surface area contributed by atoms with Crippen LogP contribution in [-0.2, 0) is 11.3 Å². The van der Waals surface area contributed by atoms with E-state index in [-0.39, 0.29) is 17.8 Å². The number of piperazine rings is 1. The quantitative estimate of drug-likeness (QED) is 0.618. The Hall–Kier alpha value is -2.78. The molecule has 33 heavy (non-hydrogen) atoms. The van der Waals surface area contributed by atoms with E-state index in [0.29, 0.717) is 50.6 Å². The van der Waals surface area contributed by atoms with Crippen LogP contribution in [-0.4, -0.2) is 67.6 Å². The average molecular weight is 464 g/mol. The maximum absolute atomic E-state index is 13.0. The first kappa shape index (κ1) is 23.4. The Balaban J connectivity index is 1.25. The van der Waals surface area contributed by atoms with Crippen LogP contribution in [0, 0.1) is 0 Å². The molecule has 2 aliphatic rings. The lowest BCUT2D eigenvalue weighted by atomic mass is 10.1. The highest BCUT2D eigenvalue weighted by molar-refractivity contribution is 5.94. The van der Waals surface area contributed by atoms with Gasteiger partial charge in [0.05, 0.1) is 6.10 Å². The van der Waals surface area contributed by atoms with Crippen LogP contribution >= 0.6 is 0 Å². The van der Waals surface area contributed by atoms with Crippen LogP contribution in [0.5, 0.6) is 11.5 Å². The molecule has 2 fully saturated rings. The third-order valence-electron chi connectivity index (χ3n) is 5.76. The second kappa shape index (κ2) is 10.4. The fourth-order valence-corrected chi connectivity index (χ4v) is 4.03. The third kappa shape index (κ3) is 6.85. The molecule has 2 aromatic rings. The summed E-state index contributed by atoms with van der Waals surface area (Å²) in [5, 5.41) is 0. The van der Waals surface area contributed by atoms with Crippen LogP contribution in [0.25, 0.3) is 0 Å². The van der Waals surface area contributed by atoms with Gasteiger partial charge in [-0.2, -0.15) is 0 Å². The van der Waals surface area contributed by atoms with Gasteiger partial charge in [0, 0.05) is 44.9 Å². The molecule has 1 atom stereocenters. The van der Waals surface area contributed by atoms with Gasteiger partial charge in [-0.1, -0.05) is 18.2 Å². The first-order valence-corrected chi connectivity index (χ1v) is 11.1. The molecule has 0 spiro atoms. The Morgan fingerprint density at radius 3 is 2.45 bits per heavy atom. The summed E-state index contributed by atoms with van der Waals surface area (Å²) in [4.78, 5) is 16.9. The summed E-state index contributed by atoms with van der Waals surface area (Å²) < 4.78 is 52.2. The van der Waals surface area contributed by atoms with Gasteiger partial charge in [-0.25, -0.2) is 0 Å². The molecule has 2 aromatic carbocycles. The Morgan fingerprint density at radius 2 is 1.79 bits per heavy atom. The molecule has 2 saturated heterocycles. The standard InChI is InChI=1S/C24H27F3N2O4/c25-24(26,27)33-20-8-6-18(7-9-20)16-28-10-12-29(13-11-28)23(30)19-3-1-4-21(15-19)32-17-22-5-2-14-31-22/h1,3-4,6-9,15,22H,2,5,10-14,16-17H2. The number of halogens is 3. The van der Waals surface area contributed by atoms with Crippen molar-refractivity contribution in [3.05, 3.63) is 59.7 Å². The molecule has 0 N–H and O–H groups in total. The van der Waals surface area contributed by atoms with E-state index in [0.717, 1.165) is 25.0 Å². The van der Waals surface area contributed by atoms with Crippen molar-refractivity contribution in [2.24, 2.45) is 0 Å². The molecule has 1 amide bonds. The zero-order chi connectivity index (χ0) is 23.3. The molecule has 4 rings (SSSR count). The van der Waals surface area contributed by atoms with Crippen molar-refractivity contribution < 1.29 is 32.2 Å². The molecule has 0 aromatic heterocycles. The van der Waals surface area contributed by atoms with E-state index in [1.165, 1.54) is 12.1 Å². The Labute approximate surface area is 190 Å². The van der Waals surface area contributed by atoms with Crippen LogP contribution in [0.3, 0.4) is 0 Å². The zero-order valence-electron chi connectivity index (χ0n) is 18.2. The summed E-state index contributed by atoms with van der Waals surface area (Å²) in [6, 6.07) is 13.1. The summed E-state index contributed by atoms with van der Waals surface area (Å²) in [6.07, 6.45) is -2.53. The smallest absolute Gasteiger partial charge is 0.491 e. The van der Waals surface area contributed by atoms with Crippen molar-refractivity contribution >= 4 is 5.91 Å². The van der Waals surface area contributed by atoms with E-state index in [2.05, 4.69) is 9.64 Å². The van der Waals surface area contributed by atoms with E-state index in [1.807, 2.05) is 17.0 Å². The highest BCUT2D eigenvalue weighted by Gasteiger charge is 2.31. The number of ether oxygens (including phenoxy) is 3. The van der Waals surface area contributed by atoms with Crippen LogP contribution < -0.4 is 9.47 Å². The number of hydrogen-bond donors (Lipinski definition) is 0. The second-order valence-corrected chi connectivity index (χ2v) is 8.23. The monoisotopic (exact) mass is 464 g/mol. The summed E-state index contributed by atoms with van der Waals surface area (Å²) in [6.45, 7) is 4.38. The van der Waals surface area contributed by atoms with E-state index < -0.39 is 6.36 Å². The minimum absolute atomic E-state index is 0.0362. The lowest BCUT2D eigenvalue weighted by Gasteiger charge is -2.34. The number of hydrogen-bond acceptors (Lipinski definition) is 5. The summed E-state index contributed by atoms with van der Waals surface area (Å²) in [5.74, 6) is 0.391. The van der Waals surface area contributed by atoms with Crippen molar-refractivity contribution in [1.82, 2.24) is 9.80 Å². The normalized spacial score (nSPS) is 19.5. The lowest BCUT2D eigenvalue weighted by molar-refractivity contribution is -0.274. The molecular formula is C24H27F3N2O4. The van der Waals surface area contributed by atoms with Gasteiger partial charge in [0.25, 0.3) is 5.91 Å². The Morgan fingerprint density at radius 1 is 1.03 bits per heavy atom. The molecule has 178 valence electrons. The molecule has 6 nitrogen and oxygen atoms in total. The number of carbonyl (C=O) groups excluding carboxylic acids is 1. The van der Waals surface area contributed by atoms with E-state index in [1.54, 1.807) is 24.3 Å². The van der Waals surface area contributed by atoms with Crippen molar-refractivity contribution in [3.8, 4) is 11.5 Å². The summed E-state index contributed by atoms with van der Waals surface area (Å²) >= 11 is 0. The SMILES string of the molecule is O=C(c1cccc(OCC2CCCO2)c1)N1CCN(Cc2ccc(OC(F)(F)F)cc2)CC1. The van der Waals surface area contributed by atoms with Gasteiger partial charge in [0.1, 0.15) is 18.1 Å². The molecule has 0 aliphatic carbocycles. The fraction of sp³-hybridized carbons (Fsp3) is 0.458. The maximum Gasteiger partial charge on any atom is 0.573 e. The number of benzene rings is 2. The minimum Gasteiger partial charge on any atom is -0.491 e. The van der Waals surface area contributed by atoms with Gasteiger partial charge in [-0.05, 0) is 48.7 Å². The van der Waals surface area contributed by atoms with Gasteiger partial charge in [-0.15, -0.1) is 13.2 Å². The molecule has 9 heteroatoms. The topological polar surface area (TPSA) is 51.2 Å². The molecule has 0 radical (unpaired) electrons. The van der Waals surface area contributed by atoms with Gasteiger partial charge in [-0.3, -0.25) is 9.69 Å². The average Bonchev–Trinajstić information content (AvgIpc) is 3.32. The number of nitrogens with zero attached hydrogens (tertiary/aromatic N) is 2. The van der Waals surface area contributed by atoms with Gasteiger partial charge < -0.3 is 19.1 Å². The van der Waals surface area contributed by atoms with E-state index in [4.69, 9.17) is 9.47 Å². The minimum atomic E-state index is -4.69. The van der Waals surface area contributed by atoms with Crippen molar-refractivity contribution in [2.45, 2.75) is 31.9 Å². The fourth-order valence-electron chi connectivity index (χ4n) is 4.03. The first-order chi connectivity index (χ1) is 15.9. The Kier molecular flexibility index (Phi) is 7.39. The van der Waals surface area contributed by atoms with Gasteiger partial charge in [0.2, 0.25) is 0 Å². The van der Waals surface area contributed by atoms with Crippen LogP contribution in [0.2, 0.25) is 0 Å². The van der Waals surface area contributed by atoms with Crippen molar-refractivity contribution in [1.29, 1.82) is 0 Å². The number of alkyl halides is 3. The molecule has 2 aliphatic heterocycles. The highest BCUT2D eigenvalue weighted by atomic mass is 19.4. The van der Waals surface area contributed by atoms with Crippen molar-refractivity contribution in [3.63, 3.8) is 0 Å². The van der Waals surface area contributed by atoms with Crippen molar-refractivity contribution in [2.75, 3.05) is 39.4 Å². The predicted octanol–water partition coefficient (Wildman–Crippen LogP) is 4.10. The molecule has 2 heterocycles. The third-order valence-corrected chi connectivity index (χ3v) is 5.76. The lowest BCUT2D eigenvalue weighted by Crippen LogP contribution is -2.48. The summed E-state index contributed by atoms with van der Waals surface area (Å²) in [5.41, 5.74) is 1.48. The molecule has 1 unspecified atom stereocenters. The number of carbonyl (C=O) groups is 1. The number of rotatable bonds is 7. The molecule has 0 bridgehead atoms. The summed E-state index contributed by atoms with van der Waals surface area (Å²) in [7, 11) is 0. The van der Waals surface area contributed by atoms with E-state index in [9.17, 15) is 18.0 Å². The zero-order valence-corrected chi connectivity index (χ0v) is 18.2. The largest absolute Gasteiger partial charge is 0.573 e. The van der Waals surface area contributed by atoms with E-state index >= 15 is 0 Å². The predicted molar refractivity (Wildman–Crippen MR) is 115 cm³/mol.